The number of fused-ring (bicyclic) bond motifs is 1. The number of esters is 1. The molecule has 1 saturated carbocycles. The molecule has 2 bridgehead atoms. The van der Waals surface area contributed by atoms with Crippen molar-refractivity contribution in [1.82, 2.24) is 9.80 Å². The van der Waals surface area contributed by atoms with Gasteiger partial charge in [0.15, 0.2) is 0 Å². The SMILES string of the molecule is CCOC(=O)C[C@@H](N1CC[C@]23CCN(CC4CC4)[C@H](Cc4ccc(OC)cc42)[C@]3(O)CC1)C(F)(F)F. The molecule has 2 aliphatic carbocycles. The Hall–Kier alpha value is -1.84. The van der Waals surface area contributed by atoms with Crippen LogP contribution in [0.4, 0.5) is 13.2 Å². The van der Waals surface area contributed by atoms with Crippen molar-refractivity contribution in [2.75, 3.05) is 39.9 Å². The highest BCUT2D eigenvalue weighted by Crippen LogP contribution is 2.57. The fourth-order valence-corrected chi connectivity index (χ4v) is 7.14. The molecule has 0 spiro atoms. The molecule has 1 aromatic rings. The molecule has 4 atom stereocenters. The second-order valence-corrected chi connectivity index (χ2v) is 11.0. The molecule has 2 aliphatic heterocycles. The standard InChI is InChI=1S/C27H37F3N2O4/c1-3-36-24(33)16-23(27(28,29)30)31-11-8-25-9-12-32(17-18-4-5-18)22(26(25,34)10-13-31)14-19-6-7-20(35-2)15-21(19)25/h6-7,15,18,22-23,34H,3-5,8-14,16-17H2,1-2H3/t22-,23-,25+,26-/m1/s1. The minimum atomic E-state index is -4.57. The zero-order chi connectivity index (χ0) is 25.7. The van der Waals surface area contributed by atoms with Gasteiger partial charge in [0.2, 0.25) is 0 Å². The lowest BCUT2D eigenvalue weighted by Crippen LogP contribution is -2.71. The van der Waals surface area contributed by atoms with E-state index in [2.05, 4.69) is 11.0 Å². The molecule has 200 valence electrons. The Kier molecular flexibility index (Phi) is 6.79. The molecular weight excluding hydrogens is 473 g/mol. The van der Waals surface area contributed by atoms with Gasteiger partial charge in [-0.2, -0.15) is 13.2 Å². The van der Waals surface area contributed by atoms with Crippen molar-refractivity contribution < 1.29 is 32.5 Å². The average molecular weight is 511 g/mol. The smallest absolute Gasteiger partial charge is 0.404 e. The van der Waals surface area contributed by atoms with Crippen LogP contribution in [0.25, 0.3) is 0 Å². The van der Waals surface area contributed by atoms with Gasteiger partial charge >= 0.3 is 12.1 Å². The number of nitrogens with zero attached hydrogens (tertiary/aromatic N) is 2. The van der Waals surface area contributed by atoms with Crippen molar-refractivity contribution in [3.8, 4) is 5.75 Å². The molecule has 0 unspecified atom stereocenters. The van der Waals surface area contributed by atoms with Gasteiger partial charge in [0.25, 0.3) is 0 Å². The highest BCUT2D eigenvalue weighted by Gasteiger charge is 2.64. The Balaban J connectivity index is 1.52. The number of carbonyl (C=O) groups is 1. The Labute approximate surface area is 210 Å². The van der Waals surface area contributed by atoms with Gasteiger partial charge in [0, 0.05) is 24.5 Å². The largest absolute Gasteiger partial charge is 0.497 e. The molecular formula is C27H37F3N2O4. The normalized spacial score (nSPS) is 31.7. The summed E-state index contributed by atoms with van der Waals surface area (Å²) in [4.78, 5) is 15.9. The fourth-order valence-electron chi connectivity index (χ4n) is 7.14. The predicted octanol–water partition coefficient (Wildman–Crippen LogP) is 3.68. The summed E-state index contributed by atoms with van der Waals surface area (Å²) >= 11 is 0. The second kappa shape index (κ2) is 9.48. The highest BCUT2D eigenvalue weighted by molar-refractivity contribution is 5.70. The van der Waals surface area contributed by atoms with Crippen molar-refractivity contribution in [2.24, 2.45) is 5.92 Å². The number of rotatable bonds is 7. The van der Waals surface area contributed by atoms with E-state index >= 15 is 0 Å². The number of alkyl halides is 3. The van der Waals surface area contributed by atoms with Crippen LogP contribution >= 0.6 is 0 Å². The Morgan fingerprint density at radius 1 is 1.19 bits per heavy atom. The van der Waals surface area contributed by atoms with Gasteiger partial charge in [-0.05, 0) is 87.7 Å². The minimum absolute atomic E-state index is 0.0450. The van der Waals surface area contributed by atoms with E-state index < -0.39 is 35.6 Å². The highest BCUT2D eigenvalue weighted by atomic mass is 19.4. The van der Waals surface area contributed by atoms with Crippen LogP contribution in [-0.4, -0.2) is 84.6 Å². The fraction of sp³-hybridized carbons (Fsp3) is 0.741. The third kappa shape index (κ3) is 4.41. The van der Waals surface area contributed by atoms with E-state index in [1.807, 2.05) is 12.1 Å². The molecule has 4 aliphatic rings. The van der Waals surface area contributed by atoms with Crippen molar-refractivity contribution in [1.29, 1.82) is 0 Å². The lowest BCUT2D eigenvalue weighted by Gasteiger charge is -2.61. The quantitative estimate of drug-likeness (QED) is 0.565. The number of hydrogen-bond acceptors (Lipinski definition) is 6. The Morgan fingerprint density at radius 3 is 2.58 bits per heavy atom. The molecule has 1 aromatic carbocycles. The molecule has 5 rings (SSSR count). The van der Waals surface area contributed by atoms with Gasteiger partial charge < -0.3 is 14.6 Å². The second-order valence-electron chi connectivity index (χ2n) is 11.0. The summed E-state index contributed by atoms with van der Waals surface area (Å²) in [5.74, 6) is 0.503. The van der Waals surface area contributed by atoms with E-state index in [0.717, 1.165) is 24.2 Å². The third-order valence-electron chi connectivity index (χ3n) is 9.17. The molecule has 9 heteroatoms. The van der Waals surface area contributed by atoms with Crippen molar-refractivity contribution in [2.45, 2.75) is 81.1 Å². The van der Waals surface area contributed by atoms with Gasteiger partial charge in [-0.25, -0.2) is 0 Å². The summed E-state index contributed by atoms with van der Waals surface area (Å²) in [6.45, 7) is 3.62. The molecule has 0 aromatic heterocycles. The van der Waals surface area contributed by atoms with Crippen LogP contribution in [0.5, 0.6) is 5.75 Å². The summed E-state index contributed by atoms with van der Waals surface area (Å²) in [7, 11) is 1.60. The summed E-state index contributed by atoms with van der Waals surface area (Å²) in [6, 6.07) is 3.92. The first-order valence-electron chi connectivity index (χ1n) is 13.2. The predicted molar refractivity (Wildman–Crippen MR) is 128 cm³/mol. The van der Waals surface area contributed by atoms with E-state index in [1.165, 1.54) is 17.7 Å². The zero-order valence-electron chi connectivity index (χ0n) is 21.1. The van der Waals surface area contributed by atoms with Crippen LogP contribution in [-0.2, 0) is 21.4 Å². The van der Waals surface area contributed by atoms with Crippen LogP contribution in [0, 0.1) is 5.92 Å². The van der Waals surface area contributed by atoms with E-state index in [4.69, 9.17) is 9.47 Å². The number of carbonyl (C=O) groups excluding carboxylic acids is 1. The number of piperidine rings is 1. The van der Waals surface area contributed by atoms with E-state index in [-0.39, 0.29) is 32.2 Å². The molecule has 3 fully saturated rings. The van der Waals surface area contributed by atoms with Crippen LogP contribution in [0.2, 0.25) is 0 Å². The van der Waals surface area contributed by atoms with E-state index in [0.29, 0.717) is 30.9 Å². The van der Waals surface area contributed by atoms with Gasteiger partial charge in [-0.3, -0.25) is 14.6 Å². The van der Waals surface area contributed by atoms with E-state index in [9.17, 15) is 23.1 Å². The number of ether oxygens (including phenoxy) is 2. The first-order valence-corrected chi connectivity index (χ1v) is 13.2. The Morgan fingerprint density at radius 2 is 1.92 bits per heavy atom. The molecule has 2 heterocycles. The summed E-state index contributed by atoms with van der Waals surface area (Å²) in [6.07, 6.45) is -0.908. The monoisotopic (exact) mass is 510 g/mol. The molecule has 0 radical (unpaired) electrons. The number of halogens is 3. The lowest BCUT2D eigenvalue weighted by molar-refractivity contribution is -0.192. The minimum Gasteiger partial charge on any atom is -0.497 e. The van der Waals surface area contributed by atoms with Gasteiger partial charge in [0.05, 0.1) is 25.7 Å². The van der Waals surface area contributed by atoms with Crippen LogP contribution in [0.3, 0.4) is 0 Å². The van der Waals surface area contributed by atoms with Crippen LogP contribution < -0.4 is 4.74 Å². The number of likely N-dealkylation sites (tertiary alicyclic amines) is 2. The van der Waals surface area contributed by atoms with Crippen LogP contribution in [0.1, 0.15) is 56.6 Å². The molecule has 6 nitrogen and oxygen atoms in total. The van der Waals surface area contributed by atoms with E-state index in [1.54, 1.807) is 14.0 Å². The van der Waals surface area contributed by atoms with Crippen molar-refractivity contribution in [3.63, 3.8) is 0 Å². The maximum absolute atomic E-state index is 14.2. The topological polar surface area (TPSA) is 62.2 Å². The first-order chi connectivity index (χ1) is 17.1. The number of benzene rings is 1. The van der Waals surface area contributed by atoms with Crippen LogP contribution in [0.15, 0.2) is 18.2 Å². The molecule has 0 amide bonds. The average Bonchev–Trinajstić information content (AvgIpc) is 3.65. The lowest BCUT2D eigenvalue weighted by atomic mass is 9.52. The maximum atomic E-state index is 14.2. The molecule has 2 saturated heterocycles. The summed E-state index contributed by atoms with van der Waals surface area (Å²) < 4.78 is 52.9. The van der Waals surface area contributed by atoms with Crippen molar-refractivity contribution in [3.05, 3.63) is 29.3 Å². The molecule has 1 N–H and O–H groups in total. The zero-order valence-corrected chi connectivity index (χ0v) is 21.1. The van der Waals surface area contributed by atoms with Gasteiger partial charge in [-0.15, -0.1) is 0 Å². The number of methoxy groups -OCH3 is 1. The number of hydrogen-bond donors (Lipinski definition) is 1. The third-order valence-corrected chi connectivity index (χ3v) is 9.17. The Bertz CT molecular complexity index is 984. The first kappa shape index (κ1) is 25.8. The van der Waals surface area contributed by atoms with Crippen molar-refractivity contribution >= 4 is 5.97 Å². The van der Waals surface area contributed by atoms with Gasteiger partial charge in [0.1, 0.15) is 11.8 Å². The summed E-state index contributed by atoms with van der Waals surface area (Å²) in [5.41, 5.74) is 0.351. The molecule has 36 heavy (non-hydrogen) atoms. The number of aliphatic hydroxyl groups is 1. The summed E-state index contributed by atoms with van der Waals surface area (Å²) in [5, 5.41) is 12.5. The maximum Gasteiger partial charge on any atom is 0.404 e. The van der Waals surface area contributed by atoms with Gasteiger partial charge in [-0.1, -0.05) is 6.07 Å².